The summed E-state index contributed by atoms with van der Waals surface area (Å²) in [6.07, 6.45) is 2.84. The normalized spacial score (nSPS) is 11.8. The summed E-state index contributed by atoms with van der Waals surface area (Å²) in [4.78, 5) is 12.0. The van der Waals surface area contributed by atoms with Gasteiger partial charge in [-0.15, -0.1) is 0 Å². The van der Waals surface area contributed by atoms with Crippen molar-refractivity contribution in [1.82, 2.24) is 19.1 Å². The molecule has 0 fully saturated rings. The highest BCUT2D eigenvalue weighted by Gasteiger charge is 2.28. The van der Waals surface area contributed by atoms with Crippen molar-refractivity contribution in [3.63, 3.8) is 0 Å². The molecule has 0 unspecified atom stereocenters. The molecule has 4 aromatic rings. The summed E-state index contributed by atoms with van der Waals surface area (Å²) in [6.45, 7) is 1.81. The first-order chi connectivity index (χ1) is 15.2. The van der Waals surface area contributed by atoms with Gasteiger partial charge in [-0.1, -0.05) is 18.2 Å². The molecule has 0 amide bonds. The van der Waals surface area contributed by atoms with E-state index in [4.69, 9.17) is 4.42 Å². The number of furan rings is 1. The Morgan fingerprint density at radius 3 is 2.59 bits per heavy atom. The molecule has 0 saturated carbocycles. The molecule has 0 radical (unpaired) electrons. The SMILES string of the molecule is Cc1ccccc1-n1c(-c2cc(S(=O)(=O)N(C)Cc3ccoc3)c(O)cc2O)n[nH]c1=O. The predicted molar refractivity (Wildman–Crippen MR) is 115 cm³/mol. The van der Waals surface area contributed by atoms with Crippen molar-refractivity contribution in [1.29, 1.82) is 0 Å². The zero-order valence-electron chi connectivity index (χ0n) is 17.2. The lowest BCUT2D eigenvalue weighted by molar-refractivity contribution is 0.429. The van der Waals surface area contributed by atoms with Crippen LogP contribution in [0.1, 0.15) is 11.1 Å². The van der Waals surface area contributed by atoms with E-state index in [1.54, 1.807) is 31.2 Å². The number of phenolic OH excluding ortho intramolecular Hbond substituents is 2. The molecule has 0 aliphatic rings. The molecule has 0 atom stereocenters. The first-order valence-electron chi connectivity index (χ1n) is 9.47. The number of nitrogens with zero attached hydrogens (tertiary/aromatic N) is 3. The third-order valence-corrected chi connectivity index (χ3v) is 6.85. The van der Waals surface area contributed by atoms with Crippen LogP contribution in [0, 0.1) is 6.92 Å². The van der Waals surface area contributed by atoms with Crippen LogP contribution in [0.4, 0.5) is 0 Å². The van der Waals surface area contributed by atoms with Crippen LogP contribution < -0.4 is 5.69 Å². The van der Waals surface area contributed by atoms with Gasteiger partial charge in [0.25, 0.3) is 0 Å². The van der Waals surface area contributed by atoms with Gasteiger partial charge in [0.15, 0.2) is 5.82 Å². The van der Waals surface area contributed by atoms with Gasteiger partial charge in [0.05, 0.1) is 23.8 Å². The second kappa shape index (κ2) is 8.02. The number of para-hydroxylation sites is 1. The Labute approximate surface area is 183 Å². The van der Waals surface area contributed by atoms with Gasteiger partial charge in [-0.2, -0.15) is 9.40 Å². The quantitative estimate of drug-likeness (QED) is 0.404. The van der Waals surface area contributed by atoms with Gasteiger partial charge < -0.3 is 14.6 Å². The average Bonchev–Trinajstić information content (AvgIpc) is 3.38. The first-order valence-corrected chi connectivity index (χ1v) is 10.9. The smallest absolute Gasteiger partial charge is 0.348 e. The van der Waals surface area contributed by atoms with Gasteiger partial charge in [-0.25, -0.2) is 22.9 Å². The summed E-state index contributed by atoms with van der Waals surface area (Å²) in [6, 6.07) is 10.7. The lowest BCUT2D eigenvalue weighted by Crippen LogP contribution is -2.26. The Hall–Kier alpha value is -3.83. The number of sulfonamides is 1. The lowest BCUT2D eigenvalue weighted by Gasteiger charge is -2.18. The number of benzene rings is 2. The van der Waals surface area contributed by atoms with Crippen LogP contribution in [0.5, 0.6) is 11.5 Å². The number of hydrogen-bond donors (Lipinski definition) is 3. The van der Waals surface area contributed by atoms with E-state index in [-0.39, 0.29) is 17.9 Å². The van der Waals surface area contributed by atoms with Crippen LogP contribution in [0.3, 0.4) is 0 Å². The van der Waals surface area contributed by atoms with E-state index in [1.165, 1.54) is 24.1 Å². The van der Waals surface area contributed by atoms with Crippen LogP contribution >= 0.6 is 0 Å². The molecule has 2 aromatic heterocycles. The number of aromatic nitrogens is 3. The van der Waals surface area contributed by atoms with Crippen molar-refractivity contribution in [3.8, 4) is 28.6 Å². The lowest BCUT2D eigenvalue weighted by atomic mass is 10.1. The van der Waals surface area contributed by atoms with E-state index < -0.39 is 32.1 Å². The van der Waals surface area contributed by atoms with E-state index in [9.17, 15) is 23.4 Å². The molecule has 32 heavy (non-hydrogen) atoms. The van der Waals surface area contributed by atoms with Crippen LogP contribution in [-0.4, -0.2) is 44.7 Å². The van der Waals surface area contributed by atoms with Crippen LogP contribution in [0.25, 0.3) is 17.1 Å². The number of aryl methyl sites for hydroxylation is 1. The van der Waals surface area contributed by atoms with E-state index in [1.807, 2.05) is 6.07 Å². The van der Waals surface area contributed by atoms with Crippen molar-refractivity contribution in [2.75, 3.05) is 7.05 Å². The highest BCUT2D eigenvalue weighted by atomic mass is 32.2. The predicted octanol–water partition coefficient (Wildman–Crippen LogP) is 2.36. The molecule has 0 bridgehead atoms. The monoisotopic (exact) mass is 456 g/mol. The summed E-state index contributed by atoms with van der Waals surface area (Å²) < 4.78 is 33.5. The fourth-order valence-electron chi connectivity index (χ4n) is 3.35. The molecular weight excluding hydrogens is 436 g/mol. The van der Waals surface area contributed by atoms with Crippen LogP contribution in [0.15, 0.2) is 69.1 Å². The number of nitrogens with one attached hydrogen (secondary N) is 1. The van der Waals surface area contributed by atoms with Gasteiger partial charge >= 0.3 is 5.69 Å². The Morgan fingerprint density at radius 2 is 1.91 bits per heavy atom. The number of rotatable bonds is 6. The zero-order valence-corrected chi connectivity index (χ0v) is 18.0. The Morgan fingerprint density at radius 1 is 1.16 bits per heavy atom. The van der Waals surface area contributed by atoms with Crippen molar-refractivity contribution >= 4 is 10.0 Å². The molecule has 166 valence electrons. The zero-order chi connectivity index (χ0) is 23.0. The second-order valence-corrected chi connectivity index (χ2v) is 9.22. The van der Waals surface area contributed by atoms with Gasteiger partial charge in [0, 0.05) is 25.2 Å². The van der Waals surface area contributed by atoms with E-state index in [2.05, 4.69) is 10.2 Å². The standard InChI is InChI=1S/C21H20N4O6S/c1-13-5-3-4-6-16(13)25-20(22-23-21(25)28)15-9-19(18(27)10-17(15)26)32(29,30)24(2)11-14-7-8-31-12-14/h3-10,12,26-27H,11H2,1-2H3,(H,23,28). The molecule has 2 aromatic carbocycles. The Bertz CT molecular complexity index is 1440. The minimum Gasteiger partial charge on any atom is -0.507 e. The largest absolute Gasteiger partial charge is 0.507 e. The van der Waals surface area contributed by atoms with Gasteiger partial charge in [0.1, 0.15) is 16.4 Å². The summed E-state index contributed by atoms with van der Waals surface area (Å²) in [5.74, 6) is -1.07. The molecule has 3 N–H and O–H groups in total. The van der Waals surface area contributed by atoms with Crippen molar-refractivity contribution in [2.45, 2.75) is 18.4 Å². The number of aromatic hydroxyl groups is 2. The first kappa shape index (κ1) is 21.4. The van der Waals surface area contributed by atoms with Gasteiger partial charge in [0.2, 0.25) is 10.0 Å². The molecule has 0 saturated heterocycles. The molecule has 10 nitrogen and oxygen atoms in total. The number of phenols is 2. The van der Waals surface area contributed by atoms with Crippen molar-refractivity contribution in [2.24, 2.45) is 0 Å². The molecule has 2 heterocycles. The van der Waals surface area contributed by atoms with Gasteiger partial charge in [-0.3, -0.25) is 0 Å². The highest BCUT2D eigenvalue weighted by Crippen LogP contribution is 2.37. The van der Waals surface area contributed by atoms with Crippen molar-refractivity contribution in [3.05, 3.63) is 76.6 Å². The van der Waals surface area contributed by atoms with Crippen molar-refractivity contribution < 1.29 is 23.0 Å². The maximum atomic E-state index is 13.1. The average molecular weight is 456 g/mol. The fraction of sp³-hybridized carbons (Fsp3) is 0.143. The summed E-state index contributed by atoms with van der Waals surface area (Å²) in [7, 11) is -2.81. The maximum absolute atomic E-state index is 13.1. The summed E-state index contributed by atoms with van der Waals surface area (Å²) >= 11 is 0. The molecule has 11 heteroatoms. The van der Waals surface area contributed by atoms with E-state index in [0.717, 1.165) is 22.0 Å². The van der Waals surface area contributed by atoms with E-state index in [0.29, 0.717) is 11.3 Å². The fourth-order valence-corrected chi connectivity index (χ4v) is 4.60. The summed E-state index contributed by atoms with van der Waals surface area (Å²) in [5, 5.41) is 27.1. The third kappa shape index (κ3) is 3.67. The maximum Gasteiger partial charge on any atom is 0.348 e. The number of H-pyrrole nitrogens is 1. The topological polar surface area (TPSA) is 142 Å². The molecule has 4 rings (SSSR count). The molecule has 0 aliphatic heterocycles. The Kier molecular flexibility index (Phi) is 5.36. The Balaban J connectivity index is 1.85. The van der Waals surface area contributed by atoms with Gasteiger partial charge in [-0.05, 0) is 30.7 Å². The van der Waals surface area contributed by atoms with Crippen LogP contribution in [0.2, 0.25) is 0 Å². The highest BCUT2D eigenvalue weighted by molar-refractivity contribution is 7.89. The molecule has 0 spiro atoms. The van der Waals surface area contributed by atoms with E-state index >= 15 is 0 Å². The molecular formula is C21H20N4O6S. The molecule has 0 aliphatic carbocycles. The minimum atomic E-state index is -4.17. The minimum absolute atomic E-state index is 0.00395. The second-order valence-electron chi connectivity index (χ2n) is 7.20. The third-order valence-electron chi connectivity index (χ3n) is 5.02. The summed E-state index contributed by atoms with van der Waals surface area (Å²) in [5.41, 5.74) is 1.29. The number of aromatic amines is 1. The number of hydrogen-bond acceptors (Lipinski definition) is 7. The van der Waals surface area contributed by atoms with Crippen LogP contribution in [-0.2, 0) is 16.6 Å².